The molecule has 2 N–H and O–H groups in total. The summed E-state index contributed by atoms with van der Waals surface area (Å²) in [5.74, 6) is 0.602. The second kappa shape index (κ2) is 10.5. The van der Waals surface area contributed by atoms with Crippen molar-refractivity contribution < 1.29 is 13.2 Å². The van der Waals surface area contributed by atoms with Crippen molar-refractivity contribution in [2.75, 3.05) is 30.5 Å². The van der Waals surface area contributed by atoms with Crippen molar-refractivity contribution in [3.8, 4) is 28.1 Å². The Kier molecular flexibility index (Phi) is 6.93. The number of anilines is 2. The molecule has 6 aromatic rings. The lowest BCUT2D eigenvalue weighted by Gasteiger charge is -2.20. The minimum absolute atomic E-state index is 0.112. The Balaban J connectivity index is 1.61. The number of aromatic nitrogens is 5. The van der Waals surface area contributed by atoms with Crippen LogP contribution in [0.15, 0.2) is 71.1 Å². The molecule has 0 saturated heterocycles. The van der Waals surface area contributed by atoms with E-state index in [9.17, 15) is 13.2 Å². The number of pyridine rings is 1. The summed E-state index contributed by atoms with van der Waals surface area (Å²) >= 11 is 1.50. The van der Waals surface area contributed by atoms with E-state index in [1.807, 2.05) is 55.6 Å². The zero-order valence-electron chi connectivity index (χ0n) is 24.1. The summed E-state index contributed by atoms with van der Waals surface area (Å²) in [6.45, 7) is 3.88. The Hall–Kier alpha value is -4.75. The molecule has 0 aliphatic rings. The first-order valence-corrected chi connectivity index (χ1v) is 16.0. The molecule has 0 unspecified atom stereocenters. The van der Waals surface area contributed by atoms with E-state index in [0.29, 0.717) is 39.3 Å². The van der Waals surface area contributed by atoms with Crippen LogP contribution in [0.5, 0.6) is 5.75 Å². The summed E-state index contributed by atoms with van der Waals surface area (Å²) in [7, 11) is -0.651. The topological polar surface area (TPSA) is 138 Å². The number of hydrogen-bond donors (Lipinski definition) is 1. The molecule has 0 aliphatic carbocycles. The highest BCUT2D eigenvalue weighted by Crippen LogP contribution is 2.39. The third-order valence-corrected chi connectivity index (χ3v) is 9.79. The van der Waals surface area contributed by atoms with Gasteiger partial charge in [0.1, 0.15) is 28.4 Å². The third kappa shape index (κ3) is 4.70. The fraction of sp³-hybridized carbons (Fsp3) is 0.200. The maximum absolute atomic E-state index is 14.0. The fourth-order valence-electron chi connectivity index (χ4n) is 5.31. The summed E-state index contributed by atoms with van der Waals surface area (Å²) in [6, 6.07) is 16.3. The maximum Gasteiger partial charge on any atom is 0.264 e. The van der Waals surface area contributed by atoms with Crippen molar-refractivity contribution in [2.45, 2.75) is 19.9 Å². The first kappa shape index (κ1) is 28.4. The van der Waals surface area contributed by atoms with Gasteiger partial charge < -0.3 is 10.5 Å². The van der Waals surface area contributed by atoms with Gasteiger partial charge in [0.2, 0.25) is 10.0 Å². The molecular formula is C30H29N7O4S2. The first-order valence-electron chi connectivity index (χ1n) is 13.3. The number of thiazole rings is 1. The van der Waals surface area contributed by atoms with Crippen molar-refractivity contribution in [2.24, 2.45) is 0 Å². The molecule has 0 radical (unpaired) electrons. The molecule has 2 aromatic carbocycles. The van der Waals surface area contributed by atoms with Crippen LogP contribution in [-0.2, 0) is 10.0 Å². The number of nitrogens with two attached hydrogens (primary N) is 1. The van der Waals surface area contributed by atoms with Gasteiger partial charge in [-0.15, -0.1) is 11.3 Å². The monoisotopic (exact) mass is 615 g/mol. The average Bonchev–Trinajstić information content (AvgIpc) is 3.57. The van der Waals surface area contributed by atoms with Crippen molar-refractivity contribution in [1.29, 1.82) is 0 Å². The van der Waals surface area contributed by atoms with Crippen LogP contribution in [0.1, 0.15) is 24.2 Å². The molecule has 0 fully saturated rings. The molecule has 43 heavy (non-hydrogen) atoms. The van der Waals surface area contributed by atoms with E-state index in [-0.39, 0.29) is 11.4 Å². The van der Waals surface area contributed by atoms with Gasteiger partial charge in [0.15, 0.2) is 5.65 Å². The number of ether oxygens (including phenoxy) is 1. The van der Waals surface area contributed by atoms with E-state index in [1.54, 1.807) is 27.3 Å². The number of benzene rings is 2. The number of hydrogen-bond acceptors (Lipinski definition) is 9. The number of nitrogens with zero attached hydrogens (tertiary/aromatic N) is 6. The van der Waals surface area contributed by atoms with Gasteiger partial charge in [0.25, 0.3) is 5.56 Å². The molecule has 220 valence electrons. The Morgan fingerprint density at radius 2 is 1.81 bits per heavy atom. The number of nitrogen functional groups attached to an aromatic ring is 1. The van der Waals surface area contributed by atoms with Crippen LogP contribution in [-0.4, -0.2) is 53.0 Å². The van der Waals surface area contributed by atoms with Crippen molar-refractivity contribution >= 4 is 48.7 Å². The molecule has 4 heterocycles. The molecule has 0 amide bonds. The normalized spacial score (nSPS) is 12.6. The Bertz CT molecular complexity index is 2190. The molecule has 11 nitrogen and oxygen atoms in total. The number of methoxy groups -OCH3 is 1. The van der Waals surface area contributed by atoms with Crippen molar-refractivity contribution in [3.63, 3.8) is 0 Å². The summed E-state index contributed by atoms with van der Waals surface area (Å²) in [4.78, 5) is 23.6. The highest BCUT2D eigenvalue weighted by molar-refractivity contribution is 7.92. The molecule has 1 atom stereocenters. The summed E-state index contributed by atoms with van der Waals surface area (Å²) < 4.78 is 34.9. The average molecular weight is 616 g/mol. The molecule has 6 rings (SSSR count). The molecule has 0 spiro atoms. The van der Waals surface area contributed by atoms with Crippen LogP contribution < -0.4 is 20.3 Å². The molecule has 0 bridgehead atoms. The van der Waals surface area contributed by atoms with Crippen LogP contribution in [0.25, 0.3) is 38.2 Å². The van der Waals surface area contributed by atoms with Crippen LogP contribution in [0, 0.1) is 6.92 Å². The van der Waals surface area contributed by atoms with Gasteiger partial charge in [-0.1, -0.05) is 30.3 Å². The summed E-state index contributed by atoms with van der Waals surface area (Å²) in [6.07, 6.45) is 2.50. The lowest BCUT2D eigenvalue weighted by Crippen LogP contribution is -2.25. The zero-order valence-corrected chi connectivity index (χ0v) is 25.8. The van der Waals surface area contributed by atoms with E-state index in [1.165, 1.54) is 31.8 Å². The van der Waals surface area contributed by atoms with Gasteiger partial charge in [0.05, 0.1) is 36.0 Å². The lowest BCUT2D eigenvalue weighted by atomic mass is 9.97. The van der Waals surface area contributed by atoms with Gasteiger partial charge in [-0.05, 0) is 49.2 Å². The first-order chi connectivity index (χ1) is 20.5. The van der Waals surface area contributed by atoms with E-state index >= 15 is 0 Å². The van der Waals surface area contributed by atoms with Crippen LogP contribution in [0.4, 0.5) is 11.5 Å². The van der Waals surface area contributed by atoms with Crippen LogP contribution in [0.3, 0.4) is 0 Å². The quantitative estimate of drug-likeness (QED) is 0.272. The van der Waals surface area contributed by atoms with Gasteiger partial charge in [0, 0.05) is 23.7 Å². The van der Waals surface area contributed by atoms with Gasteiger partial charge in [-0.3, -0.25) is 13.5 Å². The van der Waals surface area contributed by atoms with E-state index in [4.69, 9.17) is 15.6 Å². The molecule has 0 saturated carbocycles. The highest BCUT2D eigenvalue weighted by atomic mass is 32.2. The highest BCUT2D eigenvalue weighted by Gasteiger charge is 2.26. The standard InChI is InChI=1S/C30H29N7O4S2/c1-17-15-42-24-14-21(25(30(38)36(17)24)19-9-7-6-8-10-19)18(2)37-29-26(28(31)32-16-33-29)27(34-37)20-11-12-23(41-4)22(13-20)35(3)43(5,39)40/h6-16,18H,1-5H3,(H2,31,32,33)/t18-/m0/s1. The van der Waals surface area contributed by atoms with Crippen LogP contribution >= 0.6 is 11.3 Å². The summed E-state index contributed by atoms with van der Waals surface area (Å²) in [5, 5.41) is 7.46. The largest absolute Gasteiger partial charge is 0.495 e. The molecule has 4 aromatic heterocycles. The fourth-order valence-corrected chi connectivity index (χ4v) is 6.73. The Labute approximate surface area is 251 Å². The third-order valence-electron chi connectivity index (χ3n) is 7.59. The van der Waals surface area contributed by atoms with E-state index in [2.05, 4.69) is 9.97 Å². The molecule has 0 aliphatic heterocycles. The maximum atomic E-state index is 14.0. The Morgan fingerprint density at radius 3 is 2.51 bits per heavy atom. The number of fused-ring (bicyclic) bond motifs is 2. The zero-order chi connectivity index (χ0) is 30.6. The number of rotatable bonds is 7. The van der Waals surface area contributed by atoms with Gasteiger partial charge >= 0.3 is 0 Å². The van der Waals surface area contributed by atoms with E-state index in [0.717, 1.165) is 32.2 Å². The van der Waals surface area contributed by atoms with Gasteiger partial charge in [-0.2, -0.15) is 5.10 Å². The predicted octanol–water partition coefficient (Wildman–Crippen LogP) is 4.74. The lowest BCUT2D eigenvalue weighted by molar-refractivity contribution is 0.416. The minimum atomic E-state index is -3.59. The molecule has 13 heteroatoms. The predicted molar refractivity (Wildman–Crippen MR) is 171 cm³/mol. The Morgan fingerprint density at radius 1 is 1.07 bits per heavy atom. The number of aryl methyl sites for hydroxylation is 1. The summed E-state index contributed by atoms with van der Waals surface area (Å²) in [5.41, 5.74) is 11.2. The molecular weight excluding hydrogens is 587 g/mol. The van der Waals surface area contributed by atoms with Crippen molar-refractivity contribution in [3.05, 3.63) is 87.9 Å². The SMILES string of the molecule is COc1ccc(-c2nn([C@@H](C)c3cc4scc(C)n4c(=O)c3-c3ccccc3)c3ncnc(N)c23)cc1N(C)S(C)(=O)=O. The minimum Gasteiger partial charge on any atom is -0.495 e. The van der Waals surface area contributed by atoms with E-state index < -0.39 is 16.1 Å². The van der Waals surface area contributed by atoms with Crippen molar-refractivity contribution in [1.82, 2.24) is 24.1 Å². The van der Waals surface area contributed by atoms with Gasteiger partial charge in [-0.25, -0.2) is 23.1 Å². The second-order valence-corrected chi connectivity index (χ2v) is 13.1. The smallest absolute Gasteiger partial charge is 0.264 e. The second-order valence-electron chi connectivity index (χ2n) is 10.2. The number of sulfonamides is 1. The van der Waals surface area contributed by atoms with Crippen LogP contribution in [0.2, 0.25) is 0 Å².